The lowest BCUT2D eigenvalue weighted by molar-refractivity contribution is 0.403. The molecule has 1 unspecified atom stereocenters. The first-order valence-corrected chi connectivity index (χ1v) is 7.53. The summed E-state index contributed by atoms with van der Waals surface area (Å²) in [6.07, 6.45) is 2.71. The van der Waals surface area contributed by atoms with E-state index < -0.39 is 0 Å². The van der Waals surface area contributed by atoms with E-state index in [9.17, 15) is 0 Å². The number of methoxy groups -OCH3 is 1. The Balaban J connectivity index is 2.52. The normalized spacial score (nSPS) is 12.4. The number of aryl methyl sites for hydroxylation is 2. The second kappa shape index (κ2) is 6.96. The molecule has 2 rings (SSSR count). The summed E-state index contributed by atoms with van der Waals surface area (Å²) < 4.78 is 7.50. The Morgan fingerprint density at radius 2 is 2.19 bits per heavy atom. The maximum absolute atomic E-state index is 6.37. The van der Waals surface area contributed by atoms with Crippen LogP contribution in [-0.2, 0) is 6.54 Å². The van der Waals surface area contributed by atoms with Gasteiger partial charge in [0.25, 0.3) is 0 Å². The summed E-state index contributed by atoms with van der Waals surface area (Å²) in [6.45, 7) is 5.02. The number of hydrogen-bond donors (Lipinski definition) is 1. The van der Waals surface area contributed by atoms with E-state index in [1.807, 2.05) is 17.8 Å². The van der Waals surface area contributed by atoms with E-state index in [2.05, 4.69) is 36.4 Å². The minimum absolute atomic E-state index is 0.0536. The number of hydrogen-bond acceptors (Lipinski definition) is 3. The molecule has 1 N–H and O–H groups in total. The lowest BCUT2D eigenvalue weighted by Crippen LogP contribution is -2.22. The fourth-order valence-electron chi connectivity index (χ4n) is 2.55. The smallest absolute Gasteiger partial charge is 0.124 e. The summed E-state index contributed by atoms with van der Waals surface area (Å²) in [6, 6.07) is 6.14. The number of ether oxygens (including phenoxy) is 1. The van der Waals surface area contributed by atoms with E-state index in [0.717, 1.165) is 30.0 Å². The standard InChI is InChI=1S/C16H22ClN3O/c1-5-8-20-16(13(17)10-19-20)15(18-3)12-7-6-11(2)9-14(12)21-4/h6-7,9-10,15,18H,5,8H2,1-4H3. The monoisotopic (exact) mass is 307 g/mol. The van der Waals surface area contributed by atoms with Crippen LogP contribution in [0.4, 0.5) is 0 Å². The third kappa shape index (κ3) is 3.22. The summed E-state index contributed by atoms with van der Waals surface area (Å²) in [4.78, 5) is 0. The van der Waals surface area contributed by atoms with Gasteiger partial charge in [-0.15, -0.1) is 0 Å². The molecule has 21 heavy (non-hydrogen) atoms. The highest BCUT2D eigenvalue weighted by Gasteiger charge is 2.23. The van der Waals surface area contributed by atoms with Crippen LogP contribution in [0, 0.1) is 6.92 Å². The molecule has 0 amide bonds. The van der Waals surface area contributed by atoms with Crippen molar-refractivity contribution >= 4 is 11.6 Å². The molecule has 0 aliphatic heterocycles. The largest absolute Gasteiger partial charge is 0.496 e. The van der Waals surface area contributed by atoms with Crippen molar-refractivity contribution in [3.05, 3.63) is 46.2 Å². The average molecular weight is 308 g/mol. The minimum atomic E-state index is -0.0536. The molecule has 0 bridgehead atoms. The predicted octanol–water partition coefficient (Wildman–Crippen LogP) is 3.57. The van der Waals surface area contributed by atoms with Crippen LogP contribution in [0.5, 0.6) is 5.75 Å². The number of nitrogens with one attached hydrogen (secondary N) is 1. The van der Waals surface area contributed by atoms with Crippen LogP contribution in [0.25, 0.3) is 0 Å². The maximum Gasteiger partial charge on any atom is 0.124 e. The van der Waals surface area contributed by atoms with Crippen molar-refractivity contribution in [3.63, 3.8) is 0 Å². The van der Waals surface area contributed by atoms with Gasteiger partial charge in [0.05, 0.1) is 30.1 Å². The highest BCUT2D eigenvalue weighted by Crippen LogP contribution is 2.34. The number of aromatic nitrogens is 2. The van der Waals surface area contributed by atoms with E-state index in [4.69, 9.17) is 16.3 Å². The first-order chi connectivity index (χ1) is 10.1. The molecule has 4 nitrogen and oxygen atoms in total. The number of nitrogens with zero attached hydrogens (tertiary/aromatic N) is 2. The molecule has 0 radical (unpaired) electrons. The minimum Gasteiger partial charge on any atom is -0.496 e. The maximum atomic E-state index is 6.37. The topological polar surface area (TPSA) is 39.1 Å². The quantitative estimate of drug-likeness (QED) is 0.886. The summed E-state index contributed by atoms with van der Waals surface area (Å²) in [5.41, 5.74) is 3.20. The lowest BCUT2D eigenvalue weighted by Gasteiger charge is -2.21. The van der Waals surface area contributed by atoms with E-state index in [1.165, 1.54) is 5.56 Å². The molecule has 0 aliphatic carbocycles. The molecule has 1 heterocycles. The summed E-state index contributed by atoms with van der Waals surface area (Å²) >= 11 is 6.37. The third-order valence-electron chi connectivity index (χ3n) is 3.53. The zero-order valence-corrected chi connectivity index (χ0v) is 13.7. The van der Waals surface area contributed by atoms with E-state index >= 15 is 0 Å². The number of halogens is 1. The van der Waals surface area contributed by atoms with Crippen molar-refractivity contribution in [3.8, 4) is 5.75 Å². The fourth-order valence-corrected chi connectivity index (χ4v) is 2.80. The molecular weight excluding hydrogens is 286 g/mol. The van der Waals surface area contributed by atoms with Gasteiger partial charge in [0.1, 0.15) is 5.75 Å². The SMILES string of the molecule is CCCn1ncc(Cl)c1C(NC)c1ccc(C)cc1OC. The molecule has 2 aromatic rings. The summed E-state index contributed by atoms with van der Waals surface area (Å²) in [5, 5.41) is 8.38. The second-order valence-corrected chi connectivity index (χ2v) is 5.48. The highest BCUT2D eigenvalue weighted by molar-refractivity contribution is 6.31. The molecule has 0 saturated carbocycles. The molecule has 0 fully saturated rings. The van der Waals surface area contributed by atoms with Crippen LogP contribution in [0.1, 0.15) is 36.2 Å². The molecule has 0 saturated heterocycles. The van der Waals surface area contributed by atoms with Crippen LogP contribution in [0.15, 0.2) is 24.4 Å². The van der Waals surface area contributed by atoms with Crippen molar-refractivity contribution in [1.29, 1.82) is 0 Å². The van der Waals surface area contributed by atoms with Gasteiger partial charge in [0, 0.05) is 12.1 Å². The van der Waals surface area contributed by atoms with Crippen LogP contribution in [0.2, 0.25) is 5.02 Å². The predicted molar refractivity (Wildman–Crippen MR) is 86.2 cm³/mol. The molecular formula is C16H22ClN3O. The van der Waals surface area contributed by atoms with Gasteiger partial charge in [0.2, 0.25) is 0 Å². The molecule has 0 aliphatic rings. The van der Waals surface area contributed by atoms with Crippen molar-refractivity contribution in [1.82, 2.24) is 15.1 Å². The van der Waals surface area contributed by atoms with Gasteiger partial charge < -0.3 is 10.1 Å². The summed E-state index contributed by atoms with van der Waals surface area (Å²) in [7, 11) is 3.61. The Morgan fingerprint density at radius 3 is 2.81 bits per heavy atom. The van der Waals surface area contributed by atoms with Crippen molar-refractivity contribution in [2.24, 2.45) is 0 Å². The van der Waals surface area contributed by atoms with Crippen LogP contribution >= 0.6 is 11.6 Å². The van der Waals surface area contributed by atoms with Gasteiger partial charge in [-0.25, -0.2) is 0 Å². The van der Waals surface area contributed by atoms with Gasteiger partial charge in [0.15, 0.2) is 0 Å². The number of rotatable bonds is 6. The molecule has 0 spiro atoms. The zero-order valence-electron chi connectivity index (χ0n) is 13.0. The Labute approximate surface area is 131 Å². The van der Waals surface area contributed by atoms with E-state index in [1.54, 1.807) is 13.3 Å². The number of benzene rings is 1. The van der Waals surface area contributed by atoms with Crippen molar-refractivity contribution in [2.75, 3.05) is 14.2 Å². The molecule has 114 valence electrons. The van der Waals surface area contributed by atoms with Gasteiger partial charge >= 0.3 is 0 Å². The van der Waals surface area contributed by atoms with Gasteiger partial charge in [-0.3, -0.25) is 4.68 Å². The first kappa shape index (κ1) is 15.9. The molecule has 1 atom stereocenters. The van der Waals surface area contributed by atoms with Gasteiger partial charge in [-0.1, -0.05) is 30.7 Å². The third-order valence-corrected chi connectivity index (χ3v) is 3.82. The average Bonchev–Trinajstić information content (AvgIpc) is 2.83. The lowest BCUT2D eigenvalue weighted by atomic mass is 10.0. The van der Waals surface area contributed by atoms with Gasteiger partial charge in [-0.05, 0) is 32.0 Å². The van der Waals surface area contributed by atoms with E-state index in [0.29, 0.717) is 5.02 Å². The summed E-state index contributed by atoms with van der Waals surface area (Å²) in [5.74, 6) is 0.856. The first-order valence-electron chi connectivity index (χ1n) is 7.15. The Bertz CT molecular complexity index is 610. The van der Waals surface area contributed by atoms with Crippen LogP contribution in [-0.4, -0.2) is 23.9 Å². The zero-order chi connectivity index (χ0) is 15.4. The Morgan fingerprint density at radius 1 is 1.43 bits per heavy atom. The van der Waals surface area contributed by atoms with Crippen LogP contribution in [0.3, 0.4) is 0 Å². The Hall–Kier alpha value is -1.52. The molecule has 1 aromatic heterocycles. The van der Waals surface area contributed by atoms with Crippen LogP contribution < -0.4 is 10.1 Å². The van der Waals surface area contributed by atoms with Crippen molar-refractivity contribution < 1.29 is 4.74 Å². The van der Waals surface area contributed by atoms with Crippen molar-refractivity contribution in [2.45, 2.75) is 32.9 Å². The Kier molecular flexibility index (Phi) is 5.26. The highest BCUT2D eigenvalue weighted by atomic mass is 35.5. The molecule has 1 aromatic carbocycles. The van der Waals surface area contributed by atoms with E-state index in [-0.39, 0.29) is 6.04 Å². The molecule has 5 heteroatoms. The van der Waals surface area contributed by atoms with Gasteiger partial charge in [-0.2, -0.15) is 5.10 Å². The second-order valence-electron chi connectivity index (χ2n) is 5.07. The fraction of sp³-hybridized carbons (Fsp3) is 0.438.